The van der Waals surface area contributed by atoms with Crippen molar-refractivity contribution in [2.75, 3.05) is 0 Å². The zero-order valence-electron chi connectivity index (χ0n) is 4.56. The van der Waals surface area contributed by atoms with Gasteiger partial charge in [-0.2, -0.15) is 0 Å². The summed E-state index contributed by atoms with van der Waals surface area (Å²) in [7, 11) is 0. The van der Waals surface area contributed by atoms with E-state index in [-0.39, 0.29) is 11.6 Å². The highest BCUT2D eigenvalue weighted by atomic mass is 35.5. The van der Waals surface area contributed by atoms with Gasteiger partial charge in [0.05, 0.1) is 0 Å². The molecule has 0 aliphatic carbocycles. The summed E-state index contributed by atoms with van der Waals surface area (Å²) in [6.45, 7) is 0. The van der Waals surface area contributed by atoms with Crippen molar-refractivity contribution in [3.63, 3.8) is 0 Å². The van der Waals surface area contributed by atoms with Crippen LogP contribution in [0.3, 0.4) is 0 Å². The Morgan fingerprint density at radius 1 is 1.56 bits per heavy atom. The SMILES string of the molecule is O=C1CCC(C(=O)Cl)=N1. The molecule has 3 nitrogen and oxygen atoms in total. The molecule has 0 aromatic heterocycles. The van der Waals surface area contributed by atoms with Gasteiger partial charge in [0.2, 0.25) is 5.91 Å². The Bertz CT molecular complexity index is 197. The molecule has 4 heteroatoms. The van der Waals surface area contributed by atoms with Gasteiger partial charge in [-0.05, 0) is 11.6 Å². The first kappa shape index (κ1) is 6.42. The van der Waals surface area contributed by atoms with Gasteiger partial charge < -0.3 is 0 Å². The van der Waals surface area contributed by atoms with Crippen molar-refractivity contribution < 1.29 is 9.59 Å². The van der Waals surface area contributed by atoms with Gasteiger partial charge in [-0.25, -0.2) is 4.99 Å². The van der Waals surface area contributed by atoms with Crippen LogP contribution in [0.5, 0.6) is 0 Å². The van der Waals surface area contributed by atoms with E-state index in [0.29, 0.717) is 12.8 Å². The summed E-state index contributed by atoms with van der Waals surface area (Å²) in [5.41, 5.74) is 0.196. The van der Waals surface area contributed by atoms with Crippen molar-refractivity contribution in [1.82, 2.24) is 0 Å². The highest BCUT2D eigenvalue weighted by molar-refractivity contribution is 6.82. The van der Waals surface area contributed by atoms with E-state index < -0.39 is 5.24 Å². The van der Waals surface area contributed by atoms with E-state index in [0.717, 1.165) is 0 Å². The monoisotopic (exact) mass is 145 g/mol. The zero-order valence-corrected chi connectivity index (χ0v) is 5.31. The van der Waals surface area contributed by atoms with Gasteiger partial charge in [0.25, 0.3) is 5.24 Å². The van der Waals surface area contributed by atoms with E-state index in [9.17, 15) is 9.59 Å². The first-order valence-electron chi connectivity index (χ1n) is 2.50. The smallest absolute Gasteiger partial charge is 0.266 e. The second kappa shape index (κ2) is 2.27. The molecule has 1 aliphatic heterocycles. The number of hydrogen-bond donors (Lipinski definition) is 0. The maximum Gasteiger partial charge on any atom is 0.266 e. The van der Waals surface area contributed by atoms with Crippen LogP contribution in [0, 0.1) is 0 Å². The lowest BCUT2D eigenvalue weighted by Crippen LogP contribution is -2.01. The van der Waals surface area contributed by atoms with Crippen LogP contribution in [-0.4, -0.2) is 16.9 Å². The number of halogens is 1. The number of carbonyl (C=O) groups excluding carboxylic acids is 2. The number of aliphatic imine (C=N–C) groups is 1. The third-order valence-electron chi connectivity index (χ3n) is 1.06. The Hall–Kier alpha value is -0.700. The molecule has 0 fully saturated rings. The summed E-state index contributed by atoms with van der Waals surface area (Å²) in [6.07, 6.45) is 0.731. The number of amides is 1. The molecule has 48 valence electrons. The average Bonchev–Trinajstić information content (AvgIpc) is 2.14. The normalized spacial score (nSPS) is 17.9. The fourth-order valence-electron chi connectivity index (χ4n) is 0.630. The molecular formula is C5H4ClNO2. The molecule has 0 radical (unpaired) electrons. The fourth-order valence-corrected chi connectivity index (χ4v) is 0.767. The van der Waals surface area contributed by atoms with Crippen molar-refractivity contribution in [3.05, 3.63) is 0 Å². The summed E-state index contributed by atoms with van der Waals surface area (Å²) in [5.74, 6) is -0.251. The van der Waals surface area contributed by atoms with Crippen molar-refractivity contribution >= 4 is 28.5 Å². The van der Waals surface area contributed by atoms with E-state index in [4.69, 9.17) is 11.6 Å². The third kappa shape index (κ3) is 1.36. The molecule has 0 spiro atoms. The Morgan fingerprint density at radius 3 is 2.44 bits per heavy atom. The summed E-state index contributed by atoms with van der Waals surface area (Å²) < 4.78 is 0. The van der Waals surface area contributed by atoms with Crippen LogP contribution in [0.15, 0.2) is 4.99 Å². The third-order valence-corrected chi connectivity index (χ3v) is 1.28. The van der Waals surface area contributed by atoms with Gasteiger partial charge in [0, 0.05) is 12.8 Å². The lowest BCUT2D eigenvalue weighted by atomic mass is 10.3. The van der Waals surface area contributed by atoms with E-state index in [1.807, 2.05) is 0 Å². The lowest BCUT2D eigenvalue weighted by molar-refractivity contribution is -0.117. The minimum absolute atomic E-state index is 0.196. The molecule has 0 saturated heterocycles. The summed E-state index contributed by atoms with van der Waals surface area (Å²) in [4.78, 5) is 24.0. The molecule has 0 saturated carbocycles. The molecule has 0 atom stereocenters. The number of rotatable bonds is 1. The Morgan fingerprint density at radius 2 is 2.22 bits per heavy atom. The largest absolute Gasteiger partial charge is 0.274 e. The van der Waals surface area contributed by atoms with Gasteiger partial charge in [-0.1, -0.05) is 0 Å². The Labute approximate surface area is 56.7 Å². The average molecular weight is 146 g/mol. The second-order valence-electron chi connectivity index (χ2n) is 1.73. The van der Waals surface area contributed by atoms with Crippen molar-refractivity contribution in [2.24, 2.45) is 4.99 Å². The second-order valence-corrected chi connectivity index (χ2v) is 2.07. The molecule has 1 heterocycles. The predicted molar refractivity (Wildman–Crippen MR) is 32.5 cm³/mol. The predicted octanol–water partition coefficient (Wildman–Crippen LogP) is 0.513. The molecule has 0 unspecified atom stereocenters. The van der Waals surface area contributed by atoms with E-state index in [2.05, 4.69) is 4.99 Å². The van der Waals surface area contributed by atoms with Crippen LogP contribution in [0.2, 0.25) is 0 Å². The Balaban J connectivity index is 2.74. The maximum atomic E-state index is 10.4. The molecule has 9 heavy (non-hydrogen) atoms. The van der Waals surface area contributed by atoms with Crippen LogP contribution in [0.1, 0.15) is 12.8 Å². The molecular weight excluding hydrogens is 142 g/mol. The van der Waals surface area contributed by atoms with Gasteiger partial charge in [-0.3, -0.25) is 9.59 Å². The molecule has 0 N–H and O–H groups in total. The molecule has 1 aliphatic rings. The van der Waals surface area contributed by atoms with Gasteiger partial charge in [0.1, 0.15) is 5.71 Å². The van der Waals surface area contributed by atoms with Gasteiger partial charge >= 0.3 is 0 Å². The number of hydrogen-bond acceptors (Lipinski definition) is 2. The molecule has 0 aromatic rings. The maximum absolute atomic E-state index is 10.4. The number of carbonyl (C=O) groups is 2. The van der Waals surface area contributed by atoms with Crippen molar-refractivity contribution in [2.45, 2.75) is 12.8 Å². The minimum Gasteiger partial charge on any atom is -0.274 e. The van der Waals surface area contributed by atoms with Crippen LogP contribution in [0.4, 0.5) is 0 Å². The van der Waals surface area contributed by atoms with Gasteiger partial charge in [-0.15, -0.1) is 0 Å². The van der Waals surface area contributed by atoms with Gasteiger partial charge in [0.15, 0.2) is 0 Å². The van der Waals surface area contributed by atoms with E-state index in [1.165, 1.54) is 0 Å². The summed E-state index contributed by atoms with van der Waals surface area (Å²) in [5, 5.41) is -0.610. The standard InChI is InChI=1S/C5H4ClNO2/c6-5(9)3-1-2-4(8)7-3/h1-2H2. The van der Waals surface area contributed by atoms with E-state index in [1.54, 1.807) is 0 Å². The quantitative estimate of drug-likeness (QED) is 0.505. The lowest BCUT2D eigenvalue weighted by Gasteiger charge is -1.82. The van der Waals surface area contributed by atoms with Crippen molar-refractivity contribution in [3.8, 4) is 0 Å². The van der Waals surface area contributed by atoms with Crippen LogP contribution >= 0.6 is 11.6 Å². The minimum atomic E-state index is -0.610. The van der Waals surface area contributed by atoms with Crippen LogP contribution in [0.25, 0.3) is 0 Å². The molecule has 1 rings (SSSR count). The topological polar surface area (TPSA) is 46.5 Å². The number of nitrogens with zero attached hydrogens (tertiary/aromatic N) is 1. The summed E-state index contributed by atoms with van der Waals surface area (Å²) in [6, 6.07) is 0. The Kier molecular flexibility index (Phi) is 1.62. The van der Waals surface area contributed by atoms with Crippen molar-refractivity contribution in [1.29, 1.82) is 0 Å². The molecule has 1 amide bonds. The fraction of sp³-hybridized carbons (Fsp3) is 0.400. The highest BCUT2D eigenvalue weighted by Crippen LogP contribution is 2.07. The molecule has 0 aromatic carbocycles. The summed E-state index contributed by atoms with van der Waals surface area (Å²) >= 11 is 5.03. The first-order valence-corrected chi connectivity index (χ1v) is 2.88. The zero-order chi connectivity index (χ0) is 6.85. The highest BCUT2D eigenvalue weighted by Gasteiger charge is 2.17. The van der Waals surface area contributed by atoms with Crippen LogP contribution < -0.4 is 0 Å². The molecule has 0 bridgehead atoms. The van der Waals surface area contributed by atoms with E-state index >= 15 is 0 Å². The first-order chi connectivity index (χ1) is 4.20. The van der Waals surface area contributed by atoms with Crippen LogP contribution in [-0.2, 0) is 9.59 Å².